The Labute approximate surface area is 154 Å². The Kier molecular flexibility index (Phi) is 4.08. The lowest BCUT2D eigenvalue weighted by Crippen LogP contribution is -2.31. The molecule has 1 N–H and O–H groups in total. The van der Waals surface area contributed by atoms with Gasteiger partial charge in [0.2, 0.25) is 5.78 Å². The van der Waals surface area contributed by atoms with Gasteiger partial charge in [0.15, 0.2) is 11.5 Å². The van der Waals surface area contributed by atoms with Gasteiger partial charge in [-0.25, -0.2) is 4.39 Å². The molecule has 5 nitrogen and oxygen atoms in total. The van der Waals surface area contributed by atoms with Crippen LogP contribution >= 0.6 is 0 Å². The number of anilines is 1. The number of hydrogen-bond donors (Lipinski definition) is 1. The van der Waals surface area contributed by atoms with E-state index in [1.807, 2.05) is 0 Å². The first-order valence-electron chi connectivity index (χ1n) is 8.23. The number of carbonyl (C=O) groups excluding carboxylic acids is 2. The summed E-state index contributed by atoms with van der Waals surface area (Å²) < 4.78 is 18.6. The number of benzene rings is 2. The molecule has 0 saturated heterocycles. The molecule has 134 valence electrons. The number of Topliss-reactive ketones (excluding diaryl/α,β-unsaturated/α-hetero) is 1. The Hall–Kier alpha value is -3.67. The third kappa shape index (κ3) is 2.81. The normalized spacial score (nSPS) is 16.9. The average Bonchev–Trinajstić information content (AvgIpc) is 3.31. The molecule has 1 aliphatic heterocycles. The fraction of sp³-hybridized carbons (Fsp3) is 0.0476. The fourth-order valence-electron chi connectivity index (χ4n) is 3.19. The highest BCUT2D eigenvalue weighted by molar-refractivity contribution is 6.20. The largest absolute Gasteiger partial charge is 0.503 e. The molecule has 4 rings (SSSR count). The summed E-state index contributed by atoms with van der Waals surface area (Å²) in [5.74, 6) is -2.38. The molecule has 2 heterocycles. The number of aliphatic hydroxyl groups excluding tert-OH is 1. The maximum atomic E-state index is 13.4. The van der Waals surface area contributed by atoms with Gasteiger partial charge in [-0.1, -0.05) is 30.3 Å². The number of rotatable bonds is 4. The van der Waals surface area contributed by atoms with Gasteiger partial charge in [0.05, 0.1) is 17.9 Å². The molecule has 1 aromatic heterocycles. The van der Waals surface area contributed by atoms with Crippen LogP contribution in [-0.2, 0) is 4.79 Å². The summed E-state index contributed by atoms with van der Waals surface area (Å²) in [5.41, 5.74) is 0.892. The number of halogens is 1. The SMILES string of the molecule is O=C(C1=C(O)C(=O)N(c2ccccc2)C1c1ccc(F)cc1)c1ccco1. The lowest BCUT2D eigenvalue weighted by molar-refractivity contribution is -0.117. The van der Waals surface area contributed by atoms with Crippen molar-refractivity contribution < 1.29 is 23.5 Å². The van der Waals surface area contributed by atoms with Gasteiger partial charge in [-0.2, -0.15) is 0 Å². The van der Waals surface area contributed by atoms with Crippen molar-refractivity contribution in [2.45, 2.75) is 6.04 Å². The average molecular weight is 363 g/mol. The van der Waals surface area contributed by atoms with Crippen molar-refractivity contribution in [3.8, 4) is 0 Å². The minimum Gasteiger partial charge on any atom is -0.503 e. The van der Waals surface area contributed by atoms with Crippen LogP contribution in [0.3, 0.4) is 0 Å². The summed E-state index contributed by atoms with van der Waals surface area (Å²) in [7, 11) is 0. The summed E-state index contributed by atoms with van der Waals surface area (Å²) in [6.07, 6.45) is 1.34. The van der Waals surface area contributed by atoms with Crippen LogP contribution in [-0.4, -0.2) is 16.8 Å². The summed E-state index contributed by atoms with van der Waals surface area (Å²) in [6, 6.07) is 16.2. The predicted octanol–water partition coefficient (Wildman–Crippen LogP) is 4.20. The molecular weight excluding hydrogens is 349 g/mol. The number of aliphatic hydroxyl groups is 1. The molecule has 27 heavy (non-hydrogen) atoms. The quantitative estimate of drug-likeness (QED) is 0.705. The van der Waals surface area contributed by atoms with Crippen LogP contribution in [0.1, 0.15) is 22.2 Å². The molecule has 0 fully saturated rings. The molecule has 1 aliphatic rings. The van der Waals surface area contributed by atoms with Crippen molar-refractivity contribution >= 4 is 17.4 Å². The first-order valence-corrected chi connectivity index (χ1v) is 8.23. The number of ketones is 1. The molecule has 0 spiro atoms. The standard InChI is InChI=1S/C21H14FNO4/c22-14-10-8-13(9-11-14)18-17(19(24)16-7-4-12-27-16)20(25)21(26)23(18)15-5-2-1-3-6-15/h1-12,18,25H. The van der Waals surface area contributed by atoms with Crippen LogP contribution in [0.4, 0.5) is 10.1 Å². The van der Waals surface area contributed by atoms with Gasteiger partial charge in [0.1, 0.15) is 5.82 Å². The van der Waals surface area contributed by atoms with E-state index in [2.05, 4.69) is 0 Å². The number of furan rings is 1. The molecule has 0 bridgehead atoms. The van der Waals surface area contributed by atoms with Gasteiger partial charge in [0.25, 0.3) is 5.91 Å². The Morgan fingerprint density at radius 3 is 2.33 bits per heavy atom. The first kappa shape index (κ1) is 16.8. The van der Waals surface area contributed by atoms with E-state index in [4.69, 9.17) is 4.42 Å². The Morgan fingerprint density at radius 1 is 1.00 bits per heavy atom. The number of para-hydroxylation sites is 1. The van der Waals surface area contributed by atoms with E-state index in [9.17, 15) is 19.1 Å². The van der Waals surface area contributed by atoms with E-state index in [0.29, 0.717) is 11.3 Å². The molecule has 0 aliphatic carbocycles. The monoisotopic (exact) mass is 363 g/mol. The second-order valence-corrected chi connectivity index (χ2v) is 6.03. The zero-order valence-corrected chi connectivity index (χ0v) is 14.0. The zero-order chi connectivity index (χ0) is 19.0. The van der Waals surface area contributed by atoms with Crippen LogP contribution in [0.25, 0.3) is 0 Å². The van der Waals surface area contributed by atoms with Gasteiger partial charge >= 0.3 is 0 Å². The van der Waals surface area contributed by atoms with Crippen molar-refractivity contribution in [3.63, 3.8) is 0 Å². The van der Waals surface area contributed by atoms with Crippen molar-refractivity contribution in [2.75, 3.05) is 4.90 Å². The Balaban J connectivity index is 1.88. The maximum Gasteiger partial charge on any atom is 0.294 e. The summed E-state index contributed by atoms with van der Waals surface area (Å²) >= 11 is 0. The van der Waals surface area contributed by atoms with E-state index in [1.54, 1.807) is 36.4 Å². The lowest BCUT2D eigenvalue weighted by atomic mass is 9.95. The molecule has 1 unspecified atom stereocenters. The highest BCUT2D eigenvalue weighted by Gasteiger charge is 2.45. The van der Waals surface area contributed by atoms with Crippen LogP contribution in [0, 0.1) is 5.82 Å². The summed E-state index contributed by atoms with van der Waals surface area (Å²) in [5, 5.41) is 10.5. The van der Waals surface area contributed by atoms with Gasteiger partial charge in [-0.05, 0) is 42.0 Å². The number of nitrogens with zero attached hydrogens (tertiary/aromatic N) is 1. The summed E-state index contributed by atoms with van der Waals surface area (Å²) in [4.78, 5) is 27.0. The second kappa shape index (κ2) is 6.57. The van der Waals surface area contributed by atoms with E-state index in [1.165, 1.54) is 41.5 Å². The molecule has 1 amide bonds. The van der Waals surface area contributed by atoms with E-state index in [-0.39, 0.29) is 11.3 Å². The highest BCUT2D eigenvalue weighted by Crippen LogP contribution is 2.41. The number of hydrogen-bond acceptors (Lipinski definition) is 4. The van der Waals surface area contributed by atoms with Gasteiger partial charge in [-0.15, -0.1) is 0 Å². The Morgan fingerprint density at radius 2 is 1.70 bits per heavy atom. The molecule has 6 heteroatoms. The van der Waals surface area contributed by atoms with Crippen molar-refractivity contribution in [2.24, 2.45) is 0 Å². The maximum absolute atomic E-state index is 13.4. The molecule has 0 radical (unpaired) electrons. The van der Waals surface area contributed by atoms with Crippen molar-refractivity contribution in [3.05, 3.63) is 101 Å². The number of amides is 1. The highest BCUT2D eigenvalue weighted by atomic mass is 19.1. The fourth-order valence-corrected chi connectivity index (χ4v) is 3.19. The van der Waals surface area contributed by atoms with Gasteiger partial charge in [-0.3, -0.25) is 14.5 Å². The molecule has 3 aromatic rings. The predicted molar refractivity (Wildman–Crippen MR) is 95.8 cm³/mol. The Bertz CT molecular complexity index is 1020. The smallest absolute Gasteiger partial charge is 0.294 e. The van der Waals surface area contributed by atoms with Gasteiger partial charge < -0.3 is 9.52 Å². The summed E-state index contributed by atoms with van der Waals surface area (Å²) in [6.45, 7) is 0. The molecule has 0 saturated carbocycles. The van der Waals surface area contributed by atoms with Crippen LogP contribution in [0.15, 0.2) is 88.7 Å². The second-order valence-electron chi connectivity index (χ2n) is 6.03. The van der Waals surface area contributed by atoms with Crippen molar-refractivity contribution in [1.82, 2.24) is 0 Å². The third-order valence-electron chi connectivity index (χ3n) is 4.42. The van der Waals surface area contributed by atoms with Crippen LogP contribution in [0.5, 0.6) is 0 Å². The molecule has 1 atom stereocenters. The van der Waals surface area contributed by atoms with Crippen LogP contribution < -0.4 is 4.90 Å². The topological polar surface area (TPSA) is 70.8 Å². The van der Waals surface area contributed by atoms with E-state index in [0.717, 1.165) is 0 Å². The lowest BCUT2D eigenvalue weighted by Gasteiger charge is -2.26. The minimum absolute atomic E-state index is 0.00590. The van der Waals surface area contributed by atoms with Gasteiger partial charge in [0, 0.05) is 5.69 Å². The van der Waals surface area contributed by atoms with Crippen LogP contribution in [0.2, 0.25) is 0 Å². The third-order valence-corrected chi connectivity index (χ3v) is 4.42. The van der Waals surface area contributed by atoms with E-state index >= 15 is 0 Å². The van der Waals surface area contributed by atoms with Crippen molar-refractivity contribution in [1.29, 1.82) is 0 Å². The first-order chi connectivity index (χ1) is 13.1. The number of carbonyl (C=O) groups is 2. The molecule has 2 aromatic carbocycles. The zero-order valence-electron chi connectivity index (χ0n) is 14.0. The minimum atomic E-state index is -0.905. The van der Waals surface area contributed by atoms with E-state index < -0.39 is 29.3 Å². The molecular formula is C21H14FNO4.